The predicted molar refractivity (Wildman–Crippen MR) is 95.3 cm³/mol. The third-order valence-electron chi connectivity index (χ3n) is 4.01. The maximum atomic E-state index is 12.5. The molecule has 0 saturated heterocycles. The molecule has 0 unspecified atom stereocenters. The van der Waals surface area contributed by atoms with E-state index in [1.165, 1.54) is 6.20 Å². The third-order valence-corrected chi connectivity index (χ3v) is 4.25. The second-order valence-corrected chi connectivity index (χ2v) is 6.54. The van der Waals surface area contributed by atoms with Crippen molar-refractivity contribution in [2.24, 2.45) is 0 Å². The maximum absolute atomic E-state index is 12.5. The number of aromatic nitrogens is 4. The summed E-state index contributed by atoms with van der Waals surface area (Å²) in [5.74, 6) is 1.43. The Balaban J connectivity index is 1.54. The summed E-state index contributed by atoms with van der Waals surface area (Å²) < 4.78 is 1.61. The molecule has 0 atom stereocenters. The van der Waals surface area contributed by atoms with Gasteiger partial charge in [0.1, 0.15) is 11.6 Å². The van der Waals surface area contributed by atoms with Crippen molar-refractivity contribution in [2.75, 3.05) is 5.32 Å². The Morgan fingerprint density at radius 3 is 2.88 bits per heavy atom. The largest absolute Gasteiger partial charge is 0.306 e. The number of hydrogen-bond acceptors (Lipinski definition) is 4. The van der Waals surface area contributed by atoms with E-state index in [-0.39, 0.29) is 5.91 Å². The van der Waals surface area contributed by atoms with E-state index in [1.807, 2.05) is 25.1 Å². The monoisotopic (exact) mass is 353 g/mol. The molecule has 1 N–H and O–H groups in total. The molecular weight excluding hydrogens is 338 g/mol. The summed E-state index contributed by atoms with van der Waals surface area (Å²) in [7, 11) is 0. The Bertz CT molecular complexity index is 948. The molecule has 126 valence electrons. The van der Waals surface area contributed by atoms with Gasteiger partial charge in [0.25, 0.3) is 5.91 Å². The van der Waals surface area contributed by atoms with E-state index >= 15 is 0 Å². The standard InChI is InChI=1S/C18H16ClN5O/c1-11-21-16(12-5-6-12)8-17(22-11)23-18(25)13-9-20-24(10-13)15-4-2-3-14(19)7-15/h2-4,7-10,12H,5-6H2,1H3,(H,21,22,23,25). The minimum Gasteiger partial charge on any atom is -0.306 e. The number of carbonyl (C=O) groups excluding carboxylic acids is 1. The van der Waals surface area contributed by atoms with Crippen LogP contribution < -0.4 is 5.32 Å². The summed E-state index contributed by atoms with van der Waals surface area (Å²) in [4.78, 5) is 21.2. The fourth-order valence-corrected chi connectivity index (χ4v) is 2.82. The van der Waals surface area contributed by atoms with Crippen LogP contribution in [0.15, 0.2) is 42.7 Å². The average molecular weight is 354 g/mol. The number of aryl methyl sites for hydroxylation is 1. The van der Waals surface area contributed by atoms with E-state index < -0.39 is 0 Å². The summed E-state index contributed by atoms with van der Waals surface area (Å²) >= 11 is 6.00. The van der Waals surface area contributed by atoms with Crippen LogP contribution in [-0.4, -0.2) is 25.7 Å². The van der Waals surface area contributed by atoms with Gasteiger partial charge in [0.05, 0.1) is 17.4 Å². The Labute approximate surface area is 149 Å². The minimum atomic E-state index is -0.256. The van der Waals surface area contributed by atoms with Gasteiger partial charge in [0.2, 0.25) is 0 Å². The van der Waals surface area contributed by atoms with Crippen molar-refractivity contribution in [3.8, 4) is 5.69 Å². The molecule has 4 rings (SSSR count). The molecule has 7 heteroatoms. The van der Waals surface area contributed by atoms with Gasteiger partial charge in [0.15, 0.2) is 0 Å². The zero-order valence-electron chi connectivity index (χ0n) is 13.6. The first-order valence-electron chi connectivity index (χ1n) is 8.06. The molecular formula is C18H16ClN5O. The minimum absolute atomic E-state index is 0.256. The van der Waals surface area contributed by atoms with Gasteiger partial charge < -0.3 is 5.32 Å². The first-order chi connectivity index (χ1) is 12.1. The van der Waals surface area contributed by atoms with Crippen LogP contribution in [0.25, 0.3) is 5.69 Å². The molecule has 1 aromatic carbocycles. The molecule has 0 radical (unpaired) electrons. The Morgan fingerprint density at radius 2 is 2.12 bits per heavy atom. The number of rotatable bonds is 4. The second kappa shape index (κ2) is 6.29. The van der Waals surface area contributed by atoms with Crippen LogP contribution in [0.1, 0.15) is 40.6 Å². The van der Waals surface area contributed by atoms with Gasteiger partial charge in [-0.3, -0.25) is 4.79 Å². The molecule has 2 heterocycles. The van der Waals surface area contributed by atoms with Crippen molar-refractivity contribution in [2.45, 2.75) is 25.7 Å². The highest BCUT2D eigenvalue weighted by Crippen LogP contribution is 2.39. The van der Waals surface area contributed by atoms with E-state index in [1.54, 1.807) is 23.0 Å². The third kappa shape index (κ3) is 3.53. The SMILES string of the molecule is Cc1nc(NC(=O)c2cnn(-c3cccc(Cl)c3)c2)cc(C2CC2)n1. The molecule has 6 nitrogen and oxygen atoms in total. The Hall–Kier alpha value is -2.73. The van der Waals surface area contributed by atoms with E-state index in [9.17, 15) is 4.79 Å². The average Bonchev–Trinajstić information content (AvgIpc) is 3.31. The van der Waals surface area contributed by atoms with Crippen LogP contribution in [0.3, 0.4) is 0 Å². The van der Waals surface area contributed by atoms with Gasteiger partial charge in [-0.05, 0) is 38.0 Å². The van der Waals surface area contributed by atoms with Gasteiger partial charge in [-0.25, -0.2) is 14.6 Å². The number of carbonyl (C=O) groups is 1. The summed E-state index contributed by atoms with van der Waals surface area (Å²) in [6.45, 7) is 1.83. The lowest BCUT2D eigenvalue weighted by Crippen LogP contribution is -2.13. The molecule has 2 aromatic heterocycles. The van der Waals surface area contributed by atoms with E-state index in [0.717, 1.165) is 24.2 Å². The summed E-state index contributed by atoms with van der Waals surface area (Å²) in [6.07, 6.45) is 5.48. The smallest absolute Gasteiger partial charge is 0.260 e. The van der Waals surface area contributed by atoms with Crippen LogP contribution in [0.4, 0.5) is 5.82 Å². The summed E-state index contributed by atoms with van der Waals surface area (Å²) in [6, 6.07) is 9.13. The van der Waals surface area contributed by atoms with Gasteiger partial charge in [-0.2, -0.15) is 5.10 Å². The maximum Gasteiger partial charge on any atom is 0.260 e. The first-order valence-corrected chi connectivity index (χ1v) is 8.44. The Kier molecular flexibility index (Phi) is 3.97. The van der Waals surface area contributed by atoms with Gasteiger partial charge >= 0.3 is 0 Å². The number of halogens is 1. The number of amides is 1. The number of nitrogens with one attached hydrogen (secondary N) is 1. The van der Waals surface area contributed by atoms with Crippen molar-refractivity contribution in [3.63, 3.8) is 0 Å². The highest BCUT2D eigenvalue weighted by Gasteiger charge is 2.26. The highest BCUT2D eigenvalue weighted by atomic mass is 35.5. The quantitative estimate of drug-likeness (QED) is 0.775. The molecule has 1 amide bonds. The van der Waals surface area contributed by atoms with Crippen molar-refractivity contribution in [1.29, 1.82) is 0 Å². The lowest BCUT2D eigenvalue weighted by molar-refractivity contribution is 0.102. The van der Waals surface area contributed by atoms with Crippen molar-refractivity contribution in [1.82, 2.24) is 19.7 Å². The Morgan fingerprint density at radius 1 is 1.28 bits per heavy atom. The molecule has 1 fully saturated rings. The van der Waals surface area contributed by atoms with Crippen molar-refractivity contribution in [3.05, 3.63) is 64.8 Å². The van der Waals surface area contributed by atoms with Crippen molar-refractivity contribution < 1.29 is 4.79 Å². The zero-order valence-corrected chi connectivity index (χ0v) is 14.4. The lowest BCUT2D eigenvalue weighted by atomic mass is 10.2. The molecule has 1 saturated carbocycles. The normalized spacial score (nSPS) is 13.7. The highest BCUT2D eigenvalue weighted by molar-refractivity contribution is 6.30. The van der Waals surface area contributed by atoms with Gasteiger partial charge in [0, 0.05) is 28.9 Å². The topological polar surface area (TPSA) is 72.7 Å². The number of anilines is 1. The summed E-state index contributed by atoms with van der Waals surface area (Å²) in [5, 5.41) is 7.67. The van der Waals surface area contributed by atoms with E-state index in [4.69, 9.17) is 11.6 Å². The molecule has 1 aliphatic carbocycles. The molecule has 3 aromatic rings. The van der Waals surface area contributed by atoms with Crippen LogP contribution in [-0.2, 0) is 0 Å². The van der Waals surface area contributed by atoms with Crippen LogP contribution in [0.5, 0.6) is 0 Å². The fourth-order valence-electron chi connectivity index (χ4n) is 2.63. The van der Waals surface area contributed by atoms with Gasteiger partial charge in [-0.1, -0.05) is 17.7 Å². The molecule has 1 aliphatic rings. The first kappa shape index (κ1) is 15.8. The molecule has 25 heavy (non-hydrogen) atoms. The van der Waals surface area contributed by atoms with Gasteiger partial charge in [-0.15, -0.1) is 0 Å². The van der Waals surface area contributed by atoms with E-state index in [2.05, 4.69) is 20.4 Å². The van der Waals surface area contributed by atoms with Crippen LogP contribution in [0, 0.1) is 6.92 Å². The molecule has 0 bridgehead atoms. The van der Waals surface area contributed by atoms with E-state index in [0.29, 0.717) is 28.1 Å². The lowest BCUT2D eigenvalue weighted by Gasteiger charge is -2.06. The number of hydrogen-bond donors (Lipinski definition) is 1. The van der Waals surface area contributed by atoms with Crippen LogP contribution >= 0.6 is 11.6 Å². The fraction of sp³-hybridized carbons (Fsp3) is 0.222. The number of benzene rings is 1. The number of nitrogens with zero attached hydrogens (tertiary/aromatic N) is 4. The second-order valence-electron chi connectivity index (χ2n) is 6.11. The van der Waals surface area contributed by atoms with Crippen molar-refractivity contribution >= 4 is 23.3 Å². The summed E-state index contributed by atoms with van der Waals surface area (Å²) in [5.41, 5.74) is 2.24. The zero-order chi connectivity index (χ0) is 17.4. The van der Waals surface area contributed by atoms with Crippen LogP contribution in [0.2, 0.25) is 5.02 Å². The molecule has 0 spiro atoms. The molecule has 0 aliphatic heterocycles. The predicted octanol–water partition coefficient (Wildman–Crippen LogP) is 3.75.